The predicted octanol–water partition coefficient (Wildman–Crippen LogP) is 1.70. The number of rotatable bonds is 0. The molecule has 0 spiro atoms. The van der Waals surface area contributed by atoms with Gasteiger partial charge in [-0.2, -0.15) is 4.99 Å². The van der Waals surface area contributed by atoms with E-state index in [1.54, 1.807) is 0 Å². The quantitative estimate of drug-likeness (QED) is 0.595. The highest BCUT2D eigenvalue weighted by molar-refractivity contribution is 5.81. The summed E-state index contributed by atoms with van der Waals surface area (Å²) in [5.41, 5.74) is 6.30. The second kappa shape index (κ2) is 2.97. The summed E-state index contributed by atoms with van der Waals surface area (Å²) < 4.78 is 0. The first kappa shape index (κ1) is 7.91. The number of allylic oxidation sites excluding steroid dienone is 5. The molecule has 1 aliphatic heterocycles. The minimum absolute atomic E-state index is 0.218. The molecule has 0 aromatic heterocycles. The number of aliphatic imine (C=N–C) groups is 1. The molecule has 65 valence electrons. The van der Waals surface area contributed by atoms with Crippen molar-refractivity contribution in [3.8, 4) is 0 Å². The molecule has 0 amide bonds. The summed E-state index contributed by atoms with van der Waals surface area (Å²) in [6, 6.07) is 0. The fourth-order valence-corrected chi connectivity index (χ4v) is 1.08. The van der Waals surface area contributed by atoms with Gasteiger partial charge in [-0.3, -0.25) is 0 Å². The van der Waals surface area contributed by atoms with Gasteiger partial charge in [0.2, 0.25) is 5.96 Å². The van der Waals surface area contributed by atoms with Crippen LogP contribution in [0.4, 0.5) is 0 Å². The van der Waals surface area contributed by atoms with Gasteiger partial charge in [0.25, 0.3) is 0 Å². The highest BCUT2D eigenvalue weighted by Crippen LogP contribution is 2.21. The van der Waals surface area contributed by atoms with Gasteiger partial charge in [-0.1, -0.05) is 31.2 Å². The van der Waals surface area contributed by atoms with E-state index in [2.05, 4.69) is 15.2 Å². The van der Waals surface area contributed by atoms with Crippen LogP contribution < -0.4 is 5.73 Å². The molecule has 0 aromatic carbocycles. The van der Waals surface area contributed by atoms with Crippen molar-refractivity contribution in [2.75, 3.05) is 0 Å². The van der Waals surface area contributed by atoms with Gasteiger partial charge in [0.15, 0.2) is 5.82 Å². The Hall–Kier alpha value is -1.71. The highest BCUT2D eigenvalue weighted by Gasteiger charge is 2.09. The summed E-state index contributed by atoms with van der Waals surface area (Å²) in [6.45, 7) is 2.03. The fraction of sp³-hybridized carbons (Fsp3) is 0.111. The van der Waals surface area contributed by atoms with Gasteiger partial charge in [-0.05, 0) is 0 Å². The number of hydrogen-bond donors (Lipinski definition) is 1. The Balaban J connectivity index is 2.33. The van der Waals surface area contributed by atoms with Crippen LogP contribution in [-0.4, -0.2) is 5.96 Å². The van der Waals surface area contributed by atoms with Gasteiger partial charge in [-0.25, -0.2) is 0 Å². The molecule has 13 heavy (non-hydrogen) atoms. The zero-order valence-corrected chi connectivity index (χ0v) is 7.23. The number of guanidine groups is 1. The minimum atomic E-state index is 0.218. The molecule has 1 aliphatic carbocycles. The Bertz CT molecular complexity index is 355. The van der Waals surface area contributed by atoms with Crippen molar-refractivity contribution < 1.29 is 0 Å². The number of azo groups is 1. The van der Waals surface area contributed by atoms with E-state index in [9.17, 15) is 0 Å². The van der Waals surface area contributed by atoms with Crippen molar-refractivity contribution in [1.82, 2.24) is 0 Å². The Morgan fingerprint density at radius 2 is 1.77 bits per heavy atom. The number of hydrogen-bond acceptors (Lipinski definition) is 4. The van der Waals surface area contributed by atoms with Crippen molar-refractivity contribution in [3.63, 3.8) is 0 Å². The van der Waals surface area contributed by atoms with Crippen LogP contribution in [0.25, 0.3) is 0 Å². The van der Waals surface area contributed by atoms with Crippen molar-refractivity contribution in [3.05, 3.63) is 41.6 Å². The maximum absolute atomic E-state index is 5.36. The molecule has 4 heteroatoms. The van der Waals surface area contributed by atoms with E-state index in [1.807, 2.05) is 31.2 Å². The van der Waals surface area contributed by atoms with Crippen LogP contribution in [0.5, 0.6) is 0 Å². The highest BCUT2D eigenvalue weighted by atomic mass is 15.3. The average Bonchev–Trinajstić information content (AvgIpc) is 2.53. The molecule has 0 fully saturated rings. The summed E-state index contributed by atoms with van der Waals surface area (Å²) >= 11 is 0. The molecule has 1 heterocycles. The first-order chi connectivity index (χ1) is 6.25. The summed E-state index contributed by atoms with van der Waals surface area (Å²) in [4.78, 5) is 3.97. The van der Waals surface area contributed by atoms with Crippen LogP contribution in [0.3, 0.4) is 0 Å². The van der Waals surface area contributed by atoms with E-state index >= 15 is 0 Å². The molecule has 2 aliphatic rings. The third kappa shape index (κ3) is 1.56. The summed E-state index contributed by atoms with van der Waals surface area (Å²) in [5.74, 6) is 2.00. The largest absolute Gasteiger partial charge is 0.366 e. The lowest BCUT2D eigenvalue weighted by atomic mass is 10.0. The van der Waals surface area contributed by atoms with Crippen molar-refractivity contribution in [2.45, 2.75) is 6.92 Å². The van der Waals surface area contributed by atoms with E-state index in [1.165, 1.54) is 5.92 Å². The van der Waals surface area contributed by atoms with Crippen molar-refractivity contribution >= 4 is 5.96 Å². The first-order valence-corrected chi connectivity index (χ1v) is 3.95. The minimum Gasteiger partial charge on any atom is -0.366 e. The van der Waals surface area contributed by atoms with E-state index in [4.69, 9.17) is 5.73 Å². The van der Waals surface area contributed by atoms with Gasteiger partial charge in [0.1, 0.15) is 0 Å². The van der Waals surface area contributed by atoms with Crippen LogP contribution in [0.15, 0.2) is 50.9 Å². The van der Waals surface area contributed by atoms with Gasteiger partial charge in [-0.15, -0.1) is 10.2 Å². The van der Waals surface area contributed by atoms with Gasteiger partial charge < -0.3 is 5.73 Å². The third-order valence-corrected chi connectivity index (χ3v) is 1.78. The predicted molar refractivity (Wildman–Crippen MR) is 50.7 cm³/mol. The summed E-state index contributed by atoms with van der Waals surface area (Å²) in [5, 5.41) is 7.46. The van der Waals surface area contributed by atoms with Crippen molar-refractivity contribution in [1.29, 1.82) is 0 Å². The second-order valence-electron chi connectivity index (χ2n) is 2.86. The van der Waals surface area contributed by atoms with Crippen LogP contribution in [0.2, 0.25) is 0 Å². The Kier molecular flexibility index (Phi) is 1.81. The molecule has 2 N–H and O–H groups in total. The standard InChI is InChI=1S/C9H9N4/c1-6-2-4-7(5-3-6)8-11-9(10)13-12-8/h2-5H,1H3,(H2,10,11). The summed E-state index contributed by atoms with van der Waals surface area (Å²) in [6.07, 6.45) is 7.90. The Labute approximate surface area is 76.3 Å². The molecule has 0 atom stereocenters. The SMILES string of the molecule is C[C]1C=CC(=C2N=NC(N)=N2)C=C1. The van der Waals surface area contributed by atoms with E-state index in [0.29, 0.717) is 5.82 Å². The monoisotopic (exact) mass is 173 g/mol. The normalized spacial score (nSPS) is 21.5. The number of nitrogens with two attached hydrogens (primary N) is 1. The van der Waals surface area contributed by atoms with E-state index in [0.717, 1.165) is 5.57 Å². The Morgan fingerprint density at radius 1 is 1.08 bits per heavy atom. The number of nitrogens with zero attached hydrogens (tertiary/aromatic N) is 3. The van der Waals surface area contributed by atoms with Gasteiger partial charge >= 0.3 is 0 Å². The van der Waals surface area contributed by atoms with Crippen LogP contribution in [0, 0.1) is 5.92 Å². The molecule has 2 rings (SSSR count). The molecule has 1 radical (unpaired) electrons. The topological polar surface area (TPSA) is 63.1 Å². The van der Waals surface area contributed by atoms with E-state index < -0.39 is 0 Å². The zero-order valence-electron chi connectivity index (χ0n) is 7.23. The fourth-order valence-electron chi connectivity index (χ4n) is 1.08. The lowest BCUT2D eigenvalue weighted by molar-refractivity contribution is 1.16. The van der Waals surface area contributed by atoms with Crippen LogP contribution in [-0.2, 0) is 0 Å². The molecular formula is C9H9N4. The molecular weight excluding hydrogens is 164 g/mol. The molecule has 0 saturated carbocycles. The lowest BCUT2D eigenvalue weighted by Gasteiger charge is -2.04. The van der Waals surface area contributed by atoms with Crippen LogP contribution in [0.1, 0.15) is 6.92 Å². The molecule has 0 saturated heterocycles. The zero-order chi connectivity index (χ0) is 9.26. The lowest BCUT2D eigenvalue weighted by Crippen LogP contribution is -2.03. The van der Waals surface area contributed by atoms with Crippen molar-refractivity contribution in [2.24, 2.45) is 21.0 Å². The first-order valence-electron chi connectivity index (χ1n) is 3.95. The summed E-state index contributed by atoms with van der Waals surface area (Å²) in [7, 11) is 0. The maximum atomic E-state index is 5.36. The second-order valence-corrected chi connectivity index (χ2v) is 2.86. The smallest absolute Gasteiger partial charge is 0.242 e. The van der Waals surface area contributed by atoms with Gasteiger partial charge in [0.05, 0.1) is 0 Å². The Morgan fingerprint density at radius 3 is 2.31 bits per heavy atom. The molecule has 0 aromatic rings. The maximum Gasteiger partial charge on any atom is 0.242 e. The van der Waals surface area contributed by atoms with Gasteiger partial charge in [0, 0.05) is 11.5 Å². The van der Waals surface area contributed by atoms with Crippen LogP contribution >= 0.6 is 0 Å². The third-order valence-electron chi connectivity index (χ3n) is 1.78. The van der Waals surface area contributed by atoms with E-state index in [-0.39, 0.29) is 5.96 Å². The molecule has 0 bridgehead atoms. The molecule has 4 nitrogen and oxygen atoms in total. The molecule has 0 unspecified atom stereocenters. The average molecular weight is 173 g/mol.